The van der Waals surface area contributed by atoms with Crippen molar-refractivity contribution in [2.24, 2.45) is 0 Å². The Hall–Kier alpha value is -1.93. The molecule has 0 bridgehead atoms. The summed E-state index contributed by atoms with van der Waals surface area (Å²) in [5.41, 5.74) is 0.566. The van der Waals surface area contributed by atoms with E-state index in [1.807, 2.05) is 0 Å². The molecule has 0 saturated heterocycles. The molecule has 1 heterocycles. The van der Waals surface area contributed by atoms with E-state index >= 15 is 0 Å². The Balaban J connectivity index is 2.35. The number of ether oxygens (including phenoxy) is 1. The third kappa shape index (κ3) is 3.34. The van der Waals surface area contributed by atoms with E-state index in [1.54, 1.807) is 6.07 Å². The fourth-order valence-corrected chi connectivity index (χ4v) is 2.46. The van der Waals surface area contributed by atoms with Gasteiger partial charge in [-0.05, 0) is 23.7 Å². The molecule has 0 unspecified atom stereocenters. The zero-order valence-electron chi connectivity index (χ0n) is 10.7. The van der Waals surface area contributed by atoms with Gasteiger partial charge in [0.1, 0.15) is 17.0 Å². The van der Waals surface area contributed by atoms with Crippen LogP contribution < -0.4 is 10.1 Å². The number of benzene rings is 1. The Labute approximate surface area is 120 Å². The molecule has 2 rings (SSSR count). The summed E-state index contributed by atoms with van der Waals surface area (Å²) in [4.78, 5) is 11.5. The minimum atomic E-state index is -3.36. The molecule has 7 nitrogen and oxygen atoms in total. The average Bonchev–Trinajstić information content (AvgIpc) is 2.37. The van der Waals surface area contributed by atoms with Crippen LogP contribution in [0.4, 0.5) is 11.6 Å². The molecule has 0 radical (unpaired) electrons. The van der Waals surface area contributed by atoms with E-state index in [0.717, 1.165) is 6.26 Å². The normalized spacial score (nSPS) is 11.2. The molecular weight excluding hydrogens is 304 g/mol. The van der Waals surface area contributed by atoms with Gasteiger partial charge in [-0.2, -0.15) is 4.98 Å². The molecule has 1 aromatic heterocycles. The van der Waals surface area contributed by atoms with Crippen LogP contribution in [-0.4, -0.2) is 36.7 Å². The van der Waals surface area contributed by atoms with E-state index in [2.05, 4.69) is 20.3 Å². The van der Waals surface area contributed by atoms with E-state index in [1.165, 1.54) is 25.6 Å². The largest absolute Gasteiger partial charge is 0.495 e. The molecule has 0 atom stereocenters. The van der Waals surface area contributed by atoms with Crippen LogP contribution in [0.25, 0.3) is 0 Å². The fraction of sp³-hybridized carbons (Fsp3) is 0.182. The first-order valence-electron chi connectivity index (χ1n) is 5.40. The summed E-state index contributed by atoms with van der Waals surface area (Å²) >= 11 is 5.65. The highest BCUT2D eigenvalue weighted by Crippen LogP contribution is 2.28. The summed E-state index contributed by atoms with van der Waals surface area (Å²) in [6.45, 7) is 0. The highest BCUT2D eigenvalue weighted by atomic mass is 35.5. The summed E-state index contributed by atoms with van der Waals surface area (Å²) in [6.07, 6.45) is 2.38. The van der Waals surface area contributed by atoms with Crippen molar-refractivity contribution in [3.63, 3.8) is 0 Å². The number of rotatable bonds is 4. The number of aromatic nitrogens is 3. The number of hydrogen-bond acceptors (Lipinski definition) is 7. The Morgan fingerprint density at radius 1 is 1.30 bits per heavy atom. The molecule has 0 fully saturated rings. The van der Waals surface area contributed by atoms with Crippen LogP contribution >= 0.6 is 11.6 Å². The van der Waals surface area contributed by atoms with Gasteiger partial charge in [-0.1, -0.05) is 0 Å². The van der Waals surface area contributed by atoms with Gasteiger partial charge < -0.3 is 10.1 Å². The molecule has 0 saturated carbocycles. The summed E-state index contributed by atoms with van der Waals surface area (Å²) in [6, 6.07) is 4.56. The molecule has 0 aliphatic heterocycles. The minimum Gasteiger partial charge on any atom is -0.495 e. The monoisotopic (exact) mass is 314 g/mol. The van der Waals surface area contributed by atoms with Crippen LogP contribution in [0.2, 0.25) is 5.28 Å². The van der Waals surface area contributed by atoms with Crippen molar-refractivity contribution < 1.29 is 13.2 Å². The smallest absolute Gasteiger partial charge is 0.231 e. The molecule has 106 valence electrons. The van der Waals surface area contributed by atoms with Gasteiger partial charge >= 0.3 is 0 Å². The van der Waals surface area contributed by atoms with Crippen LogP contribution in [0.1, 0.15) is 0 Å². The zero-order chi connectivity index (χ0) is 14.8. The third-order valence-electron chi connectivity index (χ3n) is 2.36. The second-order valence-corrected chi connectivity index (χ2v) is 6.16. The molecule has 0 aliphatic carbocycles. The van der Waals surface area contributed by atoms with Crippen molar-refractivity contribution in [2.45, 2.75) is 4.90 Å². The van der Waals surface area contributed by atoms with Gasteiger partial charge in [0, 0.05) is 18.0 Å². The van der Waals surface area contributed by atoms with Gasteiger partial charge in [0.2, 0.25) is 11.2 Å². The first-order valence-corrected chi connectivity index (χ1v) is 7.67. The highest BCUT2D eigenvalue weighted by molar-refractivity contribution is 7.90. The predicted octanol–water partition coefficient (Wildman–Crippen LogP) is 1.68. The van der Waals surface area contributed by atoms with E-state index in [4.69, 9.17) is 16.3 Å². The van der Waals surface area contributed by atoms with Crippen molar-refractivity contribution in [2.75, 3.05) is 18.7 Å². The van der Waals surface area contributed by atoms with Crippen LogP contribution in [0, 0.1) is 0 Å². The van der Waals surface area contributed by atoms with Gasteiger partial charge in [0.25, 0.3) is 0 Å². The van der Waals surface area contributed by atoms with Crippen LogP contribution in [-0.2, 0) is 9.84 Å². The number of anilines is 2. The first-order chi connectivity index (χ1) is 9.40. The van der Waals surface area contributed by atoms with Gasteiger partial charge in [0.15, 0.2) is 9.84 Å². The van der Waals surface area contributed by atoms with Crippen LogP contribution in [0.15, 0.2) is 29.4 Å². The maximum Gasteiger partial charge on any atom is 0.231 e. The van der Waals surface area contributed by atoms with Gasteiger partial charge in [-0.3, -0.25) is 0 Å². The summed E-state index contributed by atoms with van der Waals surface area (Å²) < 4.78 is 28.2. The number of sulfone groups is 1. The summed E-state index contributed by atoms with van der Waals surface area (Å²) in [5, 5.41) is 2.93. The van der Waals surface area contributed by atoms with E-state index in [9.17, 15) is 8.42 Å². The van der Waals surface area contributed by atoms with Gasteiger partial charge in [-0.15, -0.1) is 0 Å². The second-order valence-electron chi connectivity index (χ2n) is 3.84. The van der Waals surface area contributed by atoms with Crippen molar-refractivity contribution in [1.29, 1.82) is 0 Å². The highest BCUT2D eigenvalue weighted by Gasteiger charge is 2.14. The van der Waals surface area contributed by atoms with Gasteiger partial charge in [0.05, 0.1) is 7.11 Å². The first kappa shape index (κ1) is 14.5. The molecule has 0 aliphatic rings. The number of nitrogens with one attached hydrogen (secondary N) is 1. The average molecular weight is 315 g/mol. The molecule has 1 N–H and O–H groups in total. The topological polar surface area (TPSA) is 94.1 Å². The van der Waals surface area contributed by atoms with Crippen molar-refractivity contribution in [1.82, 2.24) is 15.0 Å². The Kier molecular flexibility index (Phi) is 4.05. The molecule has 2 aromatic rings. The lowest BCUT2D eigenvalue weighted by molar-refractivity contribution is 0.403. The second kappa shape index (κ2) is 5.59. The maximum absolute atomic E-state index is 11.6. The number of nitrogens with zero attached hydrogens (tertiary/aromatic N) is 3. The third-order valence-corrected chi connectivity index (χ3v) is 3.68. The number of methoxy groups -OCH3 is 1. The lowest BCUT2D eigenvalue weighted by Gasteiger charge is -2.10. The molecule has 0 amide bonds. The fourth-order valence-electron chi connectivity index (χ4n) is 1.52. The summed E-state index contributed by atoms with van der Waals surface area (Å²) in [5.74, 6) is 0.483. The quantitative estimate of drug-likeness (QED) is 0.917. The number of hydrogen-bond donors (Lipinski definition) is 1. The molecule has 9 heteroatoms. The van der Waals surface area contributed by atoms with E-state index in [-0.39, 0.29) is 21.9 Å². The SMILES string of the molecule is COc1cc(Nc2ncnc(Cl)n2)ccc1S(C)(=O)=O. The molecule has 1 aromatic carbocycles. The van der Waals surface area contributed by atoms with E-state index in [0.29, 0.717) is 5.69 Å². The Bertz CT molecular complexity index is 736. The molecular formula is C11H11ClN4O3S. The van der Waals surface area contributed by atoms with Crippen LogP contribution in [0.3, 0.4) is 0 Å². The lowest BCUT2D eigenvalue weighted by Crippen LogP contribution is -2.03. The number of halogens is 1. The zero-order valence-corrected chi connectivity index (χ0v) is 12.2. The maximum atomic E-state index is 11.6. The van der Waals surface area contributed by atoms with E-state index < -0.39 is 9.84 Å². The van der Waals surface area contributed by atoms with Gasteiger partial charge in [-0.25, -0.2) is 18.4 Å². The Morgan fingerprint density at radius 3 is 2.65 bits per heavy atom. The minimum absolute atomic E-state index is 0.0576. The standard InChI is InChI=1S/C11H11ClN4O3S/c1-19-8-5-7(3-4-9(8)20(2,17)18)15-11-14-6-13-10(12)16-11/h3-6H,1-2H3,(H,13,14,15,16). The molecule has 0 spiro atoms. The van der Waals surface area contributed by atoms with Crippen molar-refractivity contribution in [3.8, 4) is 5.75 Å². The Morgan fingerprint density at radius 2 is 2.05 bits per heavy atom. The summed E-state index contributed by atoms with van der Waals surface area (Å²) in [7, 11) is -1.96. The lowest BCUT2D eigenvalue weighted by atomic mass is 10.3. The van der Waals surface area contributed by atoms with Crippen molar-refractivity contribution in [3.05, 3.63) is 29.8 Å². The predicted molar refractivity (Wildman–Crippen MR) is 74.2 cm³/mol. The van der Waals surface area contributed by atoms with Crippen LogP contribution in [0.5, 0.6) is 5.75 Å². The van der Waals surface area contributed by atoms with Crippen molar-refractivity contribution >= 4 is 33.1 Å². The molecule has 20 heavy (non-hydrogen) atoms.